The molecule has 1 saturated heterocycles. The van der Waals surface area contributed by atoms with Gasteiger partial charge in [-0.3, -0.25) is 0 Å². The number of hydrogen-bond acceptors (Lipinski definition) is 6. The Bertz CT molecular complexity index is 831. The van der Waals surface area contributed by atoms with Gasteiger partial charge in [0, 0.05) is 31.4 Å². The fraction of sp³-hybridized carbons (Fsp3) is 0.412. The van der Waals surface area contributed by atoms with Gasteiger partial charge in [0.2, 0.25) is 16.0 Å². The number of anilines is 2. The summed E-state index contributed by atoms with van der Waals surface area (Å²) < 4.78 is 22.5. The molecule has 0 unspecified atom stereocenters. The highest BCUT2D eigenvalue weighted by Crippen LogP contribution is 2.19. The molecule has 2 heterocycles. The second-order valence-corrected chi connectivity index (χ2v) is 7.81. The van der Waals surface area contributed by atoms with E-state index in [1.807, 2.05) is 13.0 Å². The third-order valence-corrected chi connectivity index (χ3v) is 5.15. The van der Waals surface area contributed by atoms with Crippen molar-refractivity contribution >= 4 is 21.8 Å². The van der Waals surface area contributed by atoms with Crippen molar-refractivity contribution in [3.8, 4) is 0 Å². The molecule has 1 aromatic carbocycles. The third kappa shape index (κ3) is 4.67. The third-order valence-electron chi connectivity index (χ3n) is 4.22. The van der Waals surface area contributed by atoms with Crippen molar-refractivity contribution in [3.05, 3.63) is 41.6 Å². The van der Waals surface area contributed by atoms with E-state index in [9.17, 15) is 8.42 Å². The predicted octanol–water partition coefficient (Wildman–Crippen LogP) is 1.69. The summed E-state index contributed by atoms with van der Waals surface area (Å²) in [6.45, 7) is 4.73. The highest BCUT2D eigenvalue weighted by molar-refractivity contribution is 7.89. The summed E-state index contributed by atoms with van der Waals surface area (Å²) >= 11 is 0. The zero-order valence-corrected chi connectivity index (χ0v) is 15.1. The molecule has 7 nitrogen and oxygen atoms in total. The molecule has 1 aliphatic rings. The Hall–Kier alpha value is -2.19. The van der Waals surface area contributed by atoms with Crippen molar-refractivity contribution in [3.63, 3.8) is 0 Å². The molecule has 3 N–H and O–H groups in total. The molecular weight excluding hydrogens is 338 g/mol. The van der Waals surface area contributed by atoms with Crippen molar-refractivity contribution in [2.45, 2.75) is 31.1 Å². The quantitative estimate of drug-likeness (QED) is 0.812. The van der Waals surface area contributed by atoms with E-state index in [1.165, 1.54) is 25.0 Å². The van der Waals surface area contributed by atoms with Crippen LogP contribution in [0.5, 0.6) is 0 Å². The van der Waals surface area contributed by atoms with Crippen LogP contribution in [0.2, 0.25) is 0 Å². The zero-order chi connectivity index (χ0) is 17.9. The Balaban J connectivity index is 1.60. The Morgan fingerprint density at radius 1 is 1.16 bits per heavy atom. The van der Waals surface area contributed by atoms with E-state index >= 15 is 0 Å². The molecular formula is C17H23N5O2S. The van der Waals surface area contributed by atoms with Gasteiger partial charge in [0.1, 0.15) is 5.82 Å². The van der Waals surface area contributed by atoms with Gasteiger partial charge < -0.3 is 10.2 Å². The molecule has 2 aromatic rings. The number of nitrogens with one attached hydrogen (secondary N) is 1. The molecule has 25 heavy (non-hydrogen) atoms. The molecule has 3 rings (SSSR count). The van der Waals surface area contributed by atoms with E-state index in [-0.39, 0.29) is 4.90 Å². The lowest BCUT2D eigenvalue weighted by Gasteiger charge is -2.17. The molecule has 0 saturated carbocycles. The summed E-state index contributed by atoms with van der Waals surface area (Å²) in [6.07, 6.45) is 3.15. The van der Waals surface area contributed by atoms with Gasteiger partial charge in [0.25, 0.3) is 0 Å². The highest BCUT2D eigenvalue weighted by atomic mass is 32.2. The van der Waals surface area contributed by atoms with Crippen LogP contribution in [0, 0.1) is 6.92 Å². The maximum Gasteiger partial charge on any atom is 0.238 e. The second kappa shape index (κ2) is 7.37. The number of aryl methyl sites for hydroxylation is 1. The van der Waals surface area contributed by atoms with Gasteiger partial charge in [-0.05, 0) is 43.9 Å². The van der Waals surface area contributed by atoms with Gasteiger partial charge in [-0.15, -0.1) is 0 Å². The first kappa shape index (κ1) is 17.6. The van der Waals surface area contributed by atoms with Gasteiger partial charge in [0.15, 0.2) is 0 Å². The van der Waals surface area contributed by atoms with Crippen LogP contribution < -0.4 is 15.4 Å². The molecule has 1 fully saturated rings. The number of benzene rings is 1. The van der Waals surface area contributed by atoms with Crippen LogP contribution in [-0.4, -0.2) is 38.0 Å². The summed E-state index contributed by atoms with van der Waals surface area (Å²) in [7, 11) is -3.64. The normalized spacial score (nSPS) is 14.7. The van der Waals surface area contributed by atoms with E-state index in [1.54, 1.807) is 12.1 Å². The number of aromatic nitrogens is 2. The summed E-state index contributed by atoms with van der Waals surface area (Å²) in [5.41, 5.74) is 1.96. The van der Waals surface area contributed by atoms with E-state index in [4.69, 9.17) is 5.14 Å². The van der Waals surface area contributed by atoms with Gasteiger partial charge in [-0.25, -0.2) is 18.5 Å². The Morgan fingerprint density at radius 2 is 1.84 bits per heavy atom. The predicted molar refractivity (Wildman–Crippen MR) is 98.2 cm³/mol. The van der Waals surface area contributed by atoms with Crippen molar-refractivity contribution in [1.29, 1.82) is 0 Å². The lowest BCUT2D eigenvalue weighted by Crippen LogP contribution is -2.20. The second-order valence-electron chi connectivity index (χ2n) is 6.25. The maximum absolute atomic E-state index is 11.3. The minimum Gasteiger partial charge on any atom is -0.356 e. The fourth-order valence-corrected chi connectivity index (χ4v) is 3.42. The minimum absolute atomic E-state index is 0.126. The highest BCUT2D eigenvalue weighted by Gasteiger charge is 2.15. The monoisotopic (exact) mass is 361 g/mol. The van der Waals surface area contributed by atoms with Gasteiger partial charge in [-0.2, -0.15) is 4.98 Å². The van der Waals surface area contributed by atoms with Crippen LogP contribution in [0.25, 0.3) is 0 Å². The van der Waals surface area contributed by atoms with E-state index in [0.29, 0.717) is 12.5 Å². The van der Waals surface area contributed by atoms with Crippen LogP contribution >= 0.6 is 0 Å². The SMILES string of the molecule is Cc1cc(N2CCCC2)nc(NCCc2ccc(S(N)(=O)=O)cc2)n1. The van der Waals surface area contributed by atoms with Crippen molar-refractivity contribution in [2.24, 2.45) is 5.14 Å². The van der Waals surface area contributed by atoms with Crippen LogP contribution in [0.15, 0.2) is 35.2 Å². The Kier molecular flexibility index (Phi) is 5.19. The molecule has 0 bridgehead atoms. The summed E-state index contributed by atoms with van der Waals surface area (Å²) in [6, 6.07) is 8.61. The molecule has 0 atom stereocenters. The fourth-order valence-electron chi connectivity index (χ4n) is 2.90. The van der Waals surface area contributed by atoms with Crippen LogP contribution in [0.1, 0.15) is 24.1 Å². The first-order chi connectivity index (χ1) is 11.9. The van der Waals surface area contributed by atoms with Gasteiger partial charge in [-0.1, -0.05) is 12.1 Å². The summed E-state index contributed by atoms with van der Waals surface area (Å²) in [5, 5.41) is 8.35. The molecule has 134 valence electrons. The summed E-state index contributed by atoms with van der Waals surface area (Å²) in [5.74, 6) is 1.60. The van der Waals surface area contributed by atoms with Crippen LogP contribution in [0.4, 0.5) is 11.8 Å². The van der Waals surface area contributed by atoms with Gasteiger partial charge in [0.05, 0.1) is 4.90 Å². The van der Waals surface area contributed by atoms with Crippen LogP contribution in [0.3, 0.4) is 0 Å². The maximum atomic E-state index is 11.3. The first-order valence-corrected chi connectivity index (χ1v) is 9.93. The van der Waals surface area contributed by atoms with Crippen molar-refractivity contribution in [1.82, 2.24) is 9.97 Å². The lowest BCUT2D eigenvalue weighted by molar-refractivity contribution is 0.598. The molecule has 0 aliphatic carbocycles. The molecule has 1 aliphatic heterocycles. The minimum atomic E-state index is -3.64. The smallest absolute Gasteiger partial charge is 0.238 e. The number of primary sulfonamides is 1. The number of nitrogens with two attached hydrogens (primary N) is 1. The molecule has 0 amide bonds. The number of nitrogens with zero attached hydrogens (tertiary/aromatic N) is 3. The number of hydrogen-bond donors (Lipinski definition) is 2. The topological polar surface area (TPSA) is 101 Å². The number of sulfonamides is 1. The average Bonchev–Trinajstić information content (AvgIpc) is 3.08. The van der Waals surface area contributed by atoms with Gasteiger partial charge >= 0.3 is 0 Å². The lowest BCUT2D eigenvalue weighted by atomic mass is 10.1. The Labute approximate surface area is 148 Å². The largest absolute Gasteiger partial charge is 0.356 e. The van der Waals surface area contributed by atoms with Crippen molar-refractivity contribution < 1.29 is 8.42 Å². The number of rotatable bonds is 6. The average molecular weight is 361 g/mol. The molecule has 1 aromatic heterocycles. The molecule has 0 spiro atoms. The zero-order valence-electron chi connectivity index (χ0n) is 14.3. The molecule has 0 radical (unpaired) electrons. The van der Waals surface area contributed by atoms with E-state index < -0.39 is 10.0 Å². The van der Waals surface area contributed by atoms with E-state index in [0.717, 1.165) is 36.6 Å². The molecule has 8 heteroatoms. The van der Waals surface area contributed by atoms with Crippen LogP contribution in [-0.2, 0) is 16.4 Å². The standard InChI is InChI=1S/C17H23N5O2S/c1-13-12-16(22-10-2-3-11-22)21-17(20-13)19-9-8-14-4-6-15(7-5-14)25(18,23)24/h4-7,12H,2-3,8-11H2,1H3,(H2,18,23,24)(H,19,20,21). The van der Waals surface area contributed by atoms with Crippen molar-refractivity contribution in [2.75, 3.05) is 29.9 Å². The first-order valence-electron chi connectivity index (χ1n) is 8.38. The Morgan fingerprint density at radius 3 is 2.48 bits per heavy atom. The summed E-state index contributed by atoms with van der Waals surface area (Å²) in [4.78, 5) is 11.4. The van der Waals surface area contributed by atoms with E-state index in [2.05, 4.69) is 20.2 Å².